The molecule has 4 aromatic rings. The van der Waals surface area contributed by atoms with Gasteiger partial charge in [-0.25, -0.2) is 9.97 Å². The maximum atomic E-state index is 12.8. The van der Waals surface area contributed by atoms with Crippen molar-refractivity contribution in [2.24, 2.45) is 5.92 Å². The molecule has 10 heteroatoms. The summed E-state index contributed by atoms with van der Waals surface area (Å²) in [6.45, 7) is 4.94. The predicted octanol–water partition coefficient (Wildman–Crippen LogP) is 5.97. The van der Waals surface area contributed by atoms with Gasteiger partial charge in [-0.15, -0.1) is 0 Å². The number of nitrogens with one attached hydrogen (secondary N) is 2. The van der Waals surface area contributed by atoms with Crippen LogP contribution < -0.4 is 20.1 Å². The fraction of sp³-hybridized carbons (Fsp3) is 0.179. The Hall–Kier alpha value is -4.99. The number of anilines is 3. The van der Waals surface area contributed by atoms with Crippen LogP contribution in [0.25, 0.3) is 11.3 Å². The molecule has 7 rings (SSSR count). The number of nitro groups is 1. The van der Waals surface area contributed by atoms with Gasteiger partial charge < -0.3 is 20.1 Å². The molecule has 8 bridgehead atoms. The summed E-state index contributed by atoms with van der Waals surface area (Å²) in [6.07, 6.45) is 1.52. The highest BCUT2D eigenvalue weighted by Gasteiger charge is 2.21. The molecule has 3 aliphatic rings. The lowest BCUT2D eigenvalue weighted by atomic mass is 10.1. The van der Waals surface area contributed by atoms with E-state index in [1.807, 2.05) is 18.2 Å². The SMILES string of the molecule is CC(C)COc1ccc2cc1COc1ccc(cc1)NC(=O)c1ccc(c([N+](=O)[O-])c1)-c1ccnc(n1)N2. The molecule has 192 valence electrons. The van der Waals surface area contributed by atoms with E-state index < -0.39 is 10.8 Å². The number of carbonyl (C=O) groups excluding carboxylic acids is 1. The summed E-state index contributed by atoms with van der Waals surface area (Å²) in [7, 11) is 0. The van der Waals surface area contributed by atoms with Gasteiger partial charge in [0, 0.05) is 34.8 Å². The van der Waals surface area contributed by atoms with Crippen LogP contribution in [0.15, 0.2) is 72.9 Å². The number of hydrogen-bond donors (Lipinski definition) is 2. The van der Waals surface area contributed by atoms with Crippen molar-refractivity contribution < 1.29 is 19.2 Å². The van der Waals surface area contributed by atoms with Crippen LogP contribution in [-0.4, -0.2) is 27.4 Å². The number of amides is 1. The molecule has 3 aromatic carbocycles. The molecule has 1 aromatic heterocycles. The zero-order chi connectivity index (χ0) is 26.6. The van der Waals surface area contributed by atoms with Crippen molar-refractivity contribution in [3.8, 4) is 22.8 Å². The minimum atomic E-state index is -0.530. The maximum Gasteiger partial charge on any atom is 0.279 e. The molecule has 10 nitrogen and oxygen atoms in total. The number of fused-ring (bicyclic) bond motifs is 2. The third kappa shape index (κ3) is 5.54. The van der Waals surface area contributed by atoms with E-state index in [9.17, 15) is 14.9 Å². The summed E-state index contributed by atoms with van der Waals surface area (Å²) in [5.41, 5.74) is 2.56. The van der Waals surface area contributed by atoms with E-state index in [-0.39, 0.29) is 29.4 Å². The summed E-state index contributed by atoms with van der Waals surface area (Å²) < 4.78 is 12.0. The summed E-state index contributed by atoms with van der Waals surface area (Å²) in [6, 6.07) is 18.4. The first kappa shape index (κ1) is 24.7. The first-order valence-electron chi connectivity index (χ1n) is 12.0. The molecule has 1 amide bonds. The van der Waals surface area contributed by atoms with Gasteiger partial charge in [0.15, 0.2) is 0 Å². The second kappa shape index (κ2) is 10.6. The molecule has 0 atom stereocenters. The quantitative estimate of drug-likeness (QED) is 0.253. The molecular formula is C28H25N5O5. The number of nitro benzene ring substituents is 1. The molecule has 0 saturated heterocycles. The monoisotopic (exact) mass is 511 g/mol. The van der Waals surface area contributed by atoms with Gasteiger partial charge in [-0.3, -0.25) is 14.9 Å². The third-order valence-corrected chi connectivity index (χ3v) is 5.78. The van der Waals surface area contributed by atoms with E-state index in [2.05, 4.69) is 34.4 Å². The smallest absolute Gasteiger partial charge is 0.279 e. The average molecular weight is 512 g/mol. The zero-order valence-corrected chi connectivity index (χ0v) is 20.8. The second-order valence-electron chi connectivity index (χ2n) is 9.17. The fourth-order valence-electron chi connectivity index (χ4n) is 3.90. The number of ether oxygens (including phenoxy) is 2. The molecule has 0 radical (unpaired) electrons. The highest BCUT2D eigenvalue weighted by Crippen LogP contribution is 2.32. The normalized spacial score (nSPS) is 12.6. The molecule has 38 heavy (non-hydrogen) atoms. The van der Waals surface area contributed by atoms with Gasteiger partial charge in [-0.2, -0.15) is 0 Å². The minimum Gasteiger partial charge on any atom is -0.493 e. The van der Waals surface area contributed by atoms with Crippen LogP contribution in [0.2, 0.25) is 0 Å². The second-order valence-corrected chi connectivity index (χ2v) is 9.17. The number of rotatable bonds is 4. The maximum absolute atomic E-state index is 12.8. The molecular weight excluding hydrogens is 486 g/mol. The van der Waals surface area contributed by atoms with E-state index in [4.69, 9.17) is 9.47 Å². The molecule has 0 unspecified atom stereocenters. The number of benzene rings is 3. The molecule has 3 aliphatic heterocycles. The van der Waals surface area contributed by atoms with Crippen LogP contribution in [0, 0.1) is 16.0 Å². The Bertz CT molecular complexity index is 1500. The Morgan fingerprint density at radius 1 is 1.03 bits per heavy atom. The van der Waals surface area contributed by atoms with Crippen LogP contribution in [0.3, 0.4) is 0 Å². The average Bonchev–Trinajstić information content (AvgIpc) is 2.91. The highest BCUT2D eigenvalue weighted by molar-refractivity contribution is 6.05. The standard InChI is InChI=1S/C28H25N5O5/c1-17(2)15-38-26-10-6-21-13-19(26)16-37-22-7-4-20(5-8-22)30-27(34)18-3-9-23(25(14-18)33(35)36)24-11-12-29-28(31-21)32-24/h3-14,17H,15-16H2,1-2H3,(H,30,34)(H,29,31,32). The van der Waals surface area contributed by atoms with Crippen molar-refractivity contribution in [1.82, 2.24) is 9.97 Å². The highest BCUT2D eigenvalue weighted by atomic mass is 16.6. The fourth-order valence-corrected chi connectivity index (χ4v) is 3.90. The van der Waals surface area contributed by atoms with Crippen LogP contribution in [0.5, 0.6) is 11.5 Å². The lowest BCUT2D eigenvalue weighted by Gasteiger charge is -2.16. The number of carbonyl (C=O) groups is 1. The molecule has 0 fully saturated rings. The Labute approximate surface area is 218 Å². The van der Waals surface area contributed by atoms with Gasteiger partial charge in [0.2, 0.25) is 5.95 Å². The van der Waals surface area contributed by atoms with Crippen LogP contribution >= 0.6 is 0 Å². The predicted molar refractivity (Wildman–Crippen MR) is 143 cm³/mol. The summed E-state index contributed by atoms with van der Waals surface area (Å²) in [4.78, 5) is 33.0. The number of nitrogens with zero attached hydrogens (tertiary/aromatic N) is 3. The van der Waals surface area contributed by atoms with Crippen LogP contribution in [0.4, 0.5) is 23.0 Å². The summed E-state index contributed by atoms with van der Waals surface area (Å²) in [5, 5.41) is 17.8. The van der Waals surface area contributed by atoms with Crippen LogP contribution in [-0.2, 0) is 6.61 Å². The van der Waals surface area contributed by atoms with Gasteiger partial charge in [-0.05, 0) is 66.6 Å². The van der Waals surface area contributed by atoms with Crippen molar-refractivity contribution in [1.29, 1.82) is 0 Å². The Morgan fingerprint density at radius 3 is 2.58 bits per heavy atom. The summed E-state index contributed by atoms with van der Waals surface area (Å²) in [5.74, 6) is 1.43. The Morgan fingerprint density at radius 2 is 1.82 bits per heavy atom. The van der Waals surface area contributed by atoms with Gasteiger partial charge in [0.1, 0.15) is 18.1 Å². The van der Waals surface area contributed by atoms with E-state index in [1.54, 1.807) is 30.3 Å². The minimum absolute atomic E-state index is 0.149. The third-order valence-electron chi connectivity index (χ3n) is 5.78. The van der Waals surface area contributed by atoms with Crippen molar-refractivity contribution in [3.05, 3.63) is 94.2 Å². The van der Waals surface area contributed by atoms with Crippen molar-refractivity contribution >= 4 is 28.9 Å². The van der Waals surface area contributed by atoms with Crippen molar-refractivity contribution in [2.45, 2.75) is 20.5 Å². The van der Waals surface area contributed by atoms with Gasteiger partial charge in [-0.1, -0.05) is 13.8 Å². The van der Waals surface area contributed by atoms with Gasteiger partial charge >= 0.3 is 0 Å². The zero-order valence-electron chi connectivity index (χ0n) is 20.8. The Balaban J connectivity index is 1.59. The van der Waals surface area contributed by atoms with E-state index in [0.29, 0.717) is 41.1 Å². The topological polar surface area (TPSA) is 129 Å². The van der Waals surface area contributed by atoms with Crippen molar-refractivity contribution in [3.63, 3.8) is 0 Å². The van der Waals surface area contributed by atoms with E-state index in [1.165, 1.54) is 24.4 Å². The molecule has 0 saturated carbocycles. The van der Waals surface area contributed by atoms with Crippen LogP contribution in [0.1, 0.15) is 29.8 Å². The lowest BCUT2D eigenvalue weighted by molar-refractivity contribution is -0.384. The van der Waals surface area contributed by atoms with E-state index in [0.717, 1.165) is 5.56 Å². The van der Waals surface area contributed by atoms with Crippen molar-refractivity contribution in [2.75, 3.05) is 17.2 Å². The number of hydrogen-bond acceptors (Lipinski definition) is 8. The van der Waals surface area contributed by atoms with E-state index >= 15 is 0 Å². The summed E-state index contributed by atoms with van der Waals surface area (Å²) >= 11 is 0. The van der Waals surface area contributed by atoms with Gasteiger partial charge in [0.25, 0.3) is 11.6 Å². The molecule has 0 spiro atoms. The number of aromatic nitrogens is 2. The first-order chi connectivity index (χ1) is 18.4. The molecule has 4 heterocycles. The molecule has 0 aliphatic carbocycles. The largest absolute Gasteiger partial charge is 0.493 e. The lowest BCUT2D eigenvalue weighted by Crippen LogP contribution is -2.12. The Kier molecular flexibility index (Phi) is 6.86. The first-order valence-corrected chi connectivity index (χ1v) is 12.0. The van der Waals surface area contributed by atoms with Gasteiger partial charge in [0.05, 0.1) is 22.8 Å². The molecule has 2 N–H and O–H groups in total.